The molecule has 7 heteroatoms. The van der Waals surface area contributed by atoms with Crippen LogP contribution < -0.4 is 11.1 Å². The lowest BCUT2D eigenvalue weighted by atomic mass is 10.1. The Hall–Kier alpha value is -2.41. The predicted molar refractivity (Wildman–Crippen MR) is 65.6 cm³/mol. The molecule has 1 aromatic carbocycles. The normalized spacial score (nSPS) is 13.3. The fourth-order valence-electron chi connectivity index (χ4n) is 1.41. The zero-order valence-electron chi connectivity index (χ0n) is 9.95. The molecule has 1 amide bonds. The quantitative estimate of drug-likeness (QED) is 0.558. The van der Waals surface area contributed by atoms with E-state index in [1.807, 2.05) is 0 Å². The van der Waals surface area contributed by atoms with Crippen LogP contribution in [0.2, 0.25) is 0 Å². The van der Waals surface area contributed by atoms with Crippen LogP contribution in [0, 0.1) is 0 Å². The van der Waals surface area contributed by atoms with Gasteiger partial charge in [-0.25, -0.2) is 4.79 Å². The van der Waals surface area contributed by atoms with E-state index in [2.05, 4.69) is 5.32 Å². The number of carboxylic acids is 2. The maximum atomic E-state index is 11.7. The second-order valence-corrected chi connectivity index (χ2v) is 3.91. The minimum atomic E-state index is -1.35. The van der Waals surface area contributed by atoms with Crippen molar-refractivity contribution in [2.45, 2.75) is 18.5 Å². The number of carboxylic acid groups (broad SMARTS) is 2. The number of benzene rings is 1. The first kappa shape index (κ1) is 14.7. The Morgan fingerprint density at radius 1 is 1.11 bits per heavy atom. The fraction of sp³-hybridized carbons (Fsp3) is 0.250. The first-order valence-electron chi connectivity index (χ1n) is 5.49. The lowest BCUT2D eigenvalue weighted by Crippen LogP contribution is -2.46. The number of hydrogen-bond acceptors (Lipinski definition) is 4. The molecule has 0 aliphatic heterocycles. The van der Waals surface area contributed by atoms with Crippen LogP contribution in [0.3, 0.4) is 0 Å². The molecule has 0 aliphatic carbocycles. The molecule has 1 aromatic rings. The van der Waals surface area contributed by atoms with E-state index in [0.29, 0.717) is 0 Å². The van der Waals surface area contributed by atoms with Crippen molar-refractivity contribution >= 4 is 17.8 Å². The van der Waals surface area contributed by atoms with Gasteiger partial charge in [0.15, 0.2) is 0 Å². The lowest BCUT2D eigenvalue weighted by molar-refractivity contribution is -0.141. The first-order valence-corrected chi connectivity index (χ1v) is 5.49. The summed E-state index contributed by atoms with van der Waals surface area (Å²) in [6.07, 6.45) is -0.386. The van der Waals surface area contributed by atoms with Crippen molar-refractivity contribution in [2.75, 3.05) is 0 Å². The van der Waals surface area contributed by atoms with E-state index in [1.165, 1.54) is 12.1 Å². The molecule has 19 heavy (non-hydrogen) atoms. The molecule has 5 N–H and O–H groups in total. The van der Waals surface area contributed by atoms with E-state index in [-0.39, 0.29) is 12.0 Å². The number of aliphatic carboxylic acids is 2. The molecule has 0 saturated carbocycles. The number of rotatable bonds is 6. The number of amides is 1. The zero-order chi connectivity index (χ0) is 14.4. The van der Waals surface area contributed by atoms with Crippen LogP contribution in [-0.2, 0) is 9.59 Å². The van der Waals surface area contributed by atoms with Crippen molar-refractivity contribution in [1.82, 2.24) is 5.32 Å². The van der Waals surface area contributed by atoms with Gasteiger partial charge in [0.1, 0.15) is 12.1 Å². The lowest BCUT2D eigenvalue weighted by Gasteiger charge is -2.16. The van der Waals surface area contributed by atoms with Gasteiger partial charge in [0.05, 0.1) is 0 Å². The van der Waals surface area contributed by atoms with Crippen LogP contribution in [0.15, 0.2) is 30.3 Å². The van der Waals surface area contributed by atoms with Crippen LogP contribution in [0.4, 0.5) is 0 Å². The molecular formula is C12H14N2O5. The second kappa shape index (κ2) is 6.50. The van der Waals surface area contributed by atoms with E-state index < -0.39 is 29.9 Å². The smallest absolute Gasteiger partial charge is 0.326 e. The Labute approximate surface area is 109 Å². The summed E-state index contributed by atoms with van der Waals surface area (Å²) in [5.74, 6) is -3.24. The van der Waals surface area contributed by atoms with E-state index in [0.717, 1.165) is 0 Å². The van der Waals surface area contributed by atoms with Crippen molar-refractivity contribution in [3.05, 3.63) is 35.9 Å². The van der Waals surface area contributed by atoms with Gasteiger partial charge in [-0.1, -0.05) is 18.2 Å². The Morgan fingerprint density at radius 2 is 1.68 bits per heavy atom. The Bertz CT molecular complexity index is 474. The highest BCUT2D eigenvalue weighted by Gasteiger charge is 2.26. The van der Waals surface area contributed by atoms with Gasteiger partial charge in [-0.2, -0.15) is 0 Å². The molecule has 2 atom stereocenters. The Morgan fingerprint density at radius 3 is 2.16 bits per heavy atom. The predicted octanol–water partition coefficient (Wildman–Crippen LogP) is -0.328. The summed E-state index contributed by atoms with van der Waals surface area (Å²) in [4.78, 5) is 33.3. The molecule has 0 radical (unpaired) electrons. The minimum absolute atomic E-state index is 0.289. The molecule has 102 valence electrons. The number of nitrogens with two attached hydrogens (primary N) is 1. The average molecular weight is 266 g/mol. The standard InChI is InChI=1S/C12H14N2O5/c13-8(11(16)17)6-9(12(18)19)14-10(15)7-4-2-1-3-5-7/h1-5,8-9H,6,13H2,(H,14,15)(H,16,17)(H,18,19). The molecule has 0 heterocycles. The molecule has 0 aliphatic rings. The monoisotopic (exact) mass is 266 g/mol. The number of carbonyl (C=O) groups excluding carboxylic acids is 1. The van der Waals surface area contributed by atoms with Gasteiger partial charge in [-0.15, -0.1) is 0 Å². The molecule has 0 spiro atoms. The van der Waals surface area contributed by atoms with Crippen molar-refractivity contribution in [1.29, 1.82) is 0 Å². The number of carbonyl (C=O) groups is 3. The van der Waals surface area contributed by atoms with Crippen LogP contribution in [0.1, 0.15) is 16.8 Å². The van der Waals surface area contributed by atoms with E-state index >= 15 is 0 Å². The van der Waals surface area contributed by atoms with Crippen molar-refractivity contribution < 1.29 is 24.6 Å². The minimum Gasteiger partial charge on any atom is -0.480 e. The molecule has 2 unspecified atom stereocenters. The van der Waals surface area contributed by atoms with E-state index in [4.69, 9.17) is 15.9 Å². The maximum Gasteiger partial charge on any atom is 0.326 e. The average Bonchev–Trinajstić information content (AvgIpc) is 2.38. The van der Waals surface area contributed by atoms with Gasteiger partial charge in [-0.3, -0.25) is 9.59 Å². The Kier molecular flexibility index (Phi) is 5.01. The summed E-state index contributed by atoms with van der Waals surface area (Å²) in [5, 5.41) is 19.8. The third-order valence-corrected chi connectivity index (χ3v) is 2.45. The highest BCUT2D eigenvalue weighted by Crippen LogP contribution is 2.02. The van der Waals surface area contributed by atoms with Gasteiger partial charge in [0, 0.05) is 12.0 Å². The zero-order valence-corrected chi connectivity index (χ0v) is 9.95. The van der Waals surface area contributed by atoms with Gasteiger partial charge in [0.25, 0.3) is 5.91 Å². The summed E-state index contributed by atoms with van der Waals surface area (Å²) >= 11 is 0. The van der Waals surface area contributed by atoms with Crippen LogP contribution in [-0.4, -0.2) is 40.1 Å². The van der Waals surface area contributed by atoms with Gasteiger partial charge >= 0.3 is 11.9 Å². The van der Waals surface area contributed by atoms with Crippen molar-refractivity contribution in [2.24, 2.45) is 5.73 Å². The fourth-order valence-corrected chi connectivity index (χ4v) is 1.41. The van der Waals surface area contributed by atoms with Crippen LogP contribution in [0.25, 0.3) is 0 Å². The highest BCUT2D eigenvalue weighted by molar-refractivity contribution is 5.96. The van der Waals surface area contributed by atoms with Crippen molar-refractivity contribution in [3.8, 4) is 0 Å². The van der Waals surface area contributed by atoms with Gasteiger partial charge < -0.3 is 21.3 Å². The Balaban J connectivity index is 2.72. The second-order valence-electron chi connectivity index (χ2n) is 3.91. The van der Waals surface area contributed by atoms with Gasteiger partial charge in [0.2, 0.25) is 0 Å². The molecule has 0 aromatic heterocycles. The highest BCUT2D eigenvalue weighted by atomic mass is 16.4. The molecule has 0 saturated heterocycles. The van der Waals surface area contributed by atoms with E-state index in [9.17, 15) is 14.4 Å². The summed E-state index contributed by atoms with van der Waals surface area (Å²) in [5.41, 5.74) is 5.54. The molecule has 1 rings (SSSR count). The maximum absolute atomic E-state index is 11.7. The van der Waals surface area contributed by atoms with Crippen LogP contribution >= 0.6 is 0 Å². The molecule has 7 nitrogen and oxygen atoms in total. The third-order valence-electron chi connectivity index (χ3n) is 2.45. The van der Waals surface area contributed by atoms with Gasteiger partial charge in [-0.05, 0) is 12.1 Å². The third kappa shape index (κ3) is 4.40. The van der Waals surface area contributed by atoms with Crippen LogP contribution in [0.5, 0.6) is 0 Å². The SMILES string of the molecule is NC(CC(NC(=O)c1ccccc1)C(=O)O)C(=O)O. The van der Waals surface area contributed by atoms with Crippen molar-refractivity contribution in [3.63, 3.8) is 0 Å². The number of hydrogen-bond donors (Lipinski definition) is 4. The summed E-state index contributed by atoms with van der Waals surface area (Å²) < 4.78 is 0. The molecular weight excluding hydrogens is 252 g/mol. The molecule has 0 fully saturated rings. The molecule has 0 bridgehead atoms. The topological polar surface area (TPSA) is 130 Å². The largest absolute Gasteiger partial charge is 0.480 e. The number of nitrogens with one attached hydrogen (secondary N) is 1. The summed E-state index contributed by atoms with van der Waals surface area (Å²) in [7, 11) is 0. The first-order chi connectivity index (χ1) is 8.91. The summed E-state index contributed by atoms with van der Waals surface area (Å²) in [6, 6.07) is 5.32. The summed E-state index contributed by atoms with van der Waals surface area (Å²) in [6.45, 7) is 0. The van der Waals surface area contributed by atoms with E-state index in [1.54, 1.807) is 18.2 Å².